The Kier molecular flexibility index (Phi) is 6.36. The van der Waals surface area contributed by atoms with E-state index in [2.05, 4.69) is 69.3 Å². The van der Waals surface area contributed by atoms with Crippen molar-refractivity contribution in [2.75, 3.05) is 6.61 Å². The highest BCUT2D eigenvalue weighted by atomic mass is 16.5. The maximum atomic E-state index is 12.3. The smallest absolute Gasteiger partial charge is 0.311 e. The molecule has 3 heteroatoms. The Hall–Kier alpha value is -3.07. The average Bonchev–Trinajstić information content (AvgIpc) is 2.77. The van der Waals surface area contributed by atoms with E-state index in [1.54, 1.807) is 0 Å². The summed E-state index contributed by atoms with van der Waals surface area (Å²) >= 11 is 0. The van der Waals surface area contributed by atoms with E-state index in [1.807, 2.05) is 18.2 Å². The van der Waals surface area contributed by atoms with E-state index in [0.29, 0.717) is 6.42 Å². The SMILES string of the molecule is CC(C)(C)CC(C(=O)O)c1ccc(Cc2ccccc2)cc1-c1ccc2c(c1)CCCO2. The van der Waals surface area contributed by atoms with E-state index in [4.69, 9.17) is 4.74 Å². The molecule has 3 aromatic rings. The van der Waals surface area contributed by atoms with Crippen molar-refractivity contribution in [3.8, 4) is 16.9 Å². The van der Waals surface area contributed by atoms with E-state index >= 15 is 0 Å². The molecular weight excluding hydrogens is 396 g/mol. The van der Waals surface area contributed by atoms with Crippen LogP contribution in [0.15, 0.2) is 66.7 Å². The van der Waals surface area contributed by atoms with Crippen LogP contribution >= 0.6 is 0 Å². The molecule has 0 radical (unpaired) electrons. The lowest BCUT2D eigenvalue weighted by atomic mass is 9.78. The minimum atomic E-state index is -0.765. The van der Waals surface area contributed by atoms with Gasteiger partial charge in [-0.1, -0.05) is 75.4 Å². The van der Waals surface area contributed by atoms with Crippen LogP contribution in [0.5, 0.6) is 5.75 Å². The van der Waals surface area contributed by atoms with Crippen LogP contribution in [-0.4, -0.2) is 17.7 Å². The Morgan fingerprint density at radius 1 is 1.00 bits per heavy atom. The van der Waals surface area contributed by atoms with Gasteiger partial charge in [0.1, 0.15) is 5.75 Å². The first kappa shape index (κ1) is 22.1. The minimum absolute atomic E-state index is 0.0905. The van der Waals surface area contributed by atoms with Gasteiger partial charge in [0.25, 0.3) is 0 Å². The first-order valence-electron chi connectivity index (χ1n) is 11.5. The molecular formula is C29H32O3. The van der Waals surface area contributed by atoms with Gasteiger partial charge >= 0.3 is 5.97 Å². The van der Waals surface area contributed by atoms with Crippen molar-refractivity contribution in [3.63, 3.8) is 0 Å². The van der Waals surface area contributed by atoms with Crippen LogP contribution in [0.25, 0.3) is 11.1 Å². The number of benzene rings is 3. The number of rotatable bonds is 6. The highest BCUT2D eigenvalue weighted by Gasteiger charge is 2.29. The molecule has 0 bridgehead atoms. The molecule has 0 saturated heterocycles. The monoisotopic (exact) mass is 428 g/mol. The number of carboxylic acid groups (broad SMARTS) is 1. The summed E-state index contributed by atoms with van der Waals surface area (Å²) in [4.78, 5) is 12.3. The van der Waals surface area contributed by atoms with Gasteiger partial charge in [-0.3, -0.25) is 4.79 Å². The fraction of sp³-hybridized carbons (Fsp3) is 0.345. The summed E-state index contributed by atoms with van der Waals surface area (Å²) in [6, 6.07) is 23.0. The van der Waals surface area contributed by atoms with Gasteiger partial charge in [-0.25, -0.2) is 0 Å². The van der Waals surface area contributed by atoms with E-state index in [-0.39, 0.29) is 5.41 Å². The van der Waals surface area contributed by atoms with Crippen molar-refractivity contribution >= 4 is 5.97 Å². The van der Waals surface area contributed by atoms with Crippen LogP contribution in [0, 0.1) is 5.41 Å². The van der Waals surface area contributed by atoms with Crippen molar-refractivity contribution in [1.29, 1.82) is 0 Å². The molecule has 3 nitrogen and oxygen atoms in total. The van der Waals surface area contributed by atoms with E-state index in [9.17, 15) is 9.90 Å². The molecule has 32 heavy (non-hydrogen) atoms. The van der Waals surface area contributed by atoms with Gasteiger partial charge in [-0.15, -0.1) is 0 Å². The molecule has 0 spiro atoms. The largest absolute Gasteiger partial charge is 0.493 e. The average molecular weight is 429 g/mol. The van der Waals surface area contributed by atoms with Crippen molar-refractivity contribution < 1.29 is 14.6 Å². The molecule has 1 aliphatic rings. The summed E-state index contributed by atoms with van der Waals surface area (Å²) in [5.74, 6) is -0.368. The van der Waals surface area contributed by atoms with Gasteiger partial charge in [-0.05, 0) is 76.6 Å². The summed E-state index contributed by atoms with van der Waals surface area (Å²) in [6.45, 7) is 7.06. The molecule has 1 atom stereocenters. The lowest BCUT2D eigenvalue weighted by molar-refractivity contribution is -0.139. The molecule has 0 aromatic heterocycles. The molecule has 4 rings (SSSR count). The normalized spacial score (nSPS) is 14.3. The zero-order valence-electron chi connectivity index (χ0n) is 19.2. The summed E-state index contributed by atoms with van der Waals surface area (Å²) in [6.07, 6.45) is 3.41. The number of aryl methyl sites for hydroxylation is 1. The predicted octanol–water partition coefficient (Wildman–Crippen LogP) is 6.87. The quantitative estimate of drug-likeness (QED) is 0.466. The fourth-order valence-electron chi connectivity index (χ4n) is 4.57. The molecule has 3 aromatic carbocycles. The van der Waals surface area contributed by atoms with Gasteiger partial charge < -0.3 is 9.84 Å². The van der Waals surface area contributed by atoms with Crippen molar-refractivity contribution in [2.45, 2.75) is 52.4 Å². The number of carboxylic acids is 1. The molecule has 1 N–H and O–H groups in total. The number of fused-ring (bicyclic) bond motifs is 1. The molecule has 1 unspecified atom stereocenters. The van der Waals surface area contributed by atoms with Gasteiger partial charge in [0, 0.05) is 0 Å². The number of hydrogen-bond acceptors (Lipinski definition) is 2. The van der Waals surface area contributed by atoms with Crippen LogP contribution in [-0.2, 0) is 17.6 Å². The van der Waals surface area contributed by atoms with Crippen LogP contribution in [0.1, 0.15) is 61.8 Å². The second-order valence-electron chi connectivity index (χ2n) is 10.0. The molecule has 0 fully saturated rings. The van der Waals surface area contributed by atoms with Crippen molar-refractivity contribution in [2.24, 2.45) is 5.41 Å². The van der Waals surface area contributed by atoms with Gasteiger partial charge in [0.2, 0.25) is 0 Å². The van der Waals surface area contributed by atoms with Crippen LogP contribution in [0.3, 0.4) is 0 Å². The standard InChI is InChI=1S/C29H32O3/c1-29(2,3)19-26(28(30)31)24-13-11-21(16-20-8-5-4-6-9-20)17-25(24)22-12-14-27-23(18-22)10-7-15-32-27/h4-6,8-9,11-14,17-18,26H,7,10,15-16,19H2,1-3H3,(H,30,31). The van der Waals surface area contributed by atoms with E-state index in [1.165, 1.54) is 16.7 Å². The lowest BCUT2D eigenvalue weighted by Crippen LogP contribution is -2.20. The molecule has 1 heterocycles. The predicted molar refractivity (Wildman–Crippen MR) is 129 cm³/mol. The number of aliphatic carboxylic acids is 1. The third kappa shape index (κ3) is 5.21. The topological polar surface area (TPSA) is 46.5 Å². The molecule has 166 valence electrons. The third-order valence-electron chi connectivity index (χ3n) is 6.08. The molecule has 0 aliphatic carbocycles. The van der Waals surface area contributed by atoms with Crippen molar-refractivity contribution in [3.05, 3.63) is 89.0 Å². The Morgan fingerprint density at radius 3 is 2.50 bits per heavy atom. The minimum Gasteiger partial charge on any atom is -0.493 e. The highest BCUT2D eigenvalue weighted by Crippen LogP contribution is 2.39. The molecule has 0 amide bonds. The Bertz CT molecular complexity index is 1090. The fourth-order valence-corrected chi connectivity index (χ4v) is 4.57. The van der Waals surface area contributed by atoms with E-state index < -0.39 is 11.9 Å². The van der Waals surface area contributed by atoms with Gasteiger partial charge in [0.05, 0.1) is 12.5 Å². The Balaban J connectivity index is 1.81. The van der Waals surface area contributed by atoms with Gasteiger partial charge in [-0.2, -0.15) is 0 Å². The number of hydrogen-bond donors (Lipinski definition) is 1. The summed E-state index contributed by atoms with van der Waals surface area (Å²) in [7, 11) is 0. The summed E-state index contributed by atoms with van der Waals surface area (Å²) in [5.41, 5.74) is 6.52. The second-order valence-corrected chi connectivity index (χ2v) is 10.0. The van der Waals surface area contributed by atoms with Crippen molar-refractivity contribution in [1.82, 2.24) is 0 Å². The molecule has 0 saturated carbocycles. The second kappa shape index (κ2) is 9.20. The maximum absolute atomic E-state index is 12.3. The molecule has 1 aliphatic heterocycles. The summed E-state index contributed by atoms with van der Waals surface area (Å²) in [5, 5.41) is 10.1. The Morgan fingerprint density at radius 2 is 1.78 bits per heavy atom. The highest BCUT2D eigenvalue weighted by molar-refractivity contribution is 5.82. The first-order valence-corrected chi connectivity index (χ1v) is 11.5. The summed E-state index contributed by atoms with van der Waals surface area (Å²) < 4.78 is 5.80. The number of ether oxygens (including phenoxy) is 1. The zero-order valence-corrected chi connectivity index (χ0v) is 19.2. The van der Waals surface area contributed by atoms with E-state index in [0.717, 1.165) is 48.3 Å². The first-order chi connectivity index (χ1) is 15.3. The maximum Gasteiger partial charge on any atom is 0.311 e. The van der Waals surface area contributed by atoms with Crippen LogP contribution in [0.4, 0.5) is 0 Å². The van der Waals surface area contributed by atoms with Gasteiger partial charge in [0.15, 0.2) is 0 Å². The third-order valence-corrected chi connectivity index (χ3v) is 6.08. The van der Waals surface area contributed by atoms with Crippen LogP contribution < -0.4 is 4.74 Å². The zero-order chi connectivity index (χ0) is 22.7. The Labute approximate surface area is 191 Å². The van der Waals surface area contributed by atoms with Crippen LogP contribution in [0.2, 0.25) is 0 Å². The lowest BCUT2D eigenvalue weighted by Gasteiger charge is -2.26. The number of carbonyl (C=O) groups is 1.